The van der Waals surface area contributed by atoms with E-state index in [1.165, 1.54) is 31.2 Å². The van der Waals surface area contributed by atoms with Crippen LogP contribution in [-0.2, 0) is 6.54 Å². The maximum absolute atomic E-state index is 6.28. The minimum atomic E-state index is 0.393. The first-order valence-electron chi connectivity index (χ1n) is 7.84. The van der Waals surface area contributed by atoms with E-state index in [-0.39, 0.29) is 0 Å². The SMILES string of the molecule is CCCNCc1cc(Br)ccc1OC1CCCC(C)C1. The Morgan fingerprint density at radius 2 is 2.20 bits per heavy atom. The molecule has 1 fully saturated rings. The van der Waals surface area contributed by atoms with Crippen molar-refractivity contribution in [3.05, 3.63) is 28.2 Å². The average Bonchev–Trinajstić information content (AvgIpc) is 2.42. The second-order valence-electron chi connectivity index (χ2n) is 5.94. The highest BCUT2D eigenvalue weighted by Gasteiger charge is 2.21. The van der Waals surface area contributed by atoms with Crippen LogP contribution in [0.5, 0.6) is 5.75 Å². The molecule has 2 nitrogen and oxygen atoms in total. The van der Waals surface area contributed by atoms with Crippen LogP contribution in [0.15, 0.2) is 22.7 Å². The van der Waals surface area contributed by atoms with Crippen molar-refractivity contribution in [2.75, 3.05) is 6.54 Å². The van der Waals surface area contributed by atoms with Gasteiger partial charge in [0.25, 0.3) is 0 Å². The largest absolute Gasteiger partial charge is 0.490 e. The third-order valence-corrected chi connectivity index (χ3v) is 4.44. The summed E-state index contributed by atoms with van der Waals surface area (Å²) in [6.45, 7) is 6.45. The van der Waals surface area contributed by atoms with Gasteiger partial charge in [0.2, 0.25) is 0 Å². The second kappa shape index (κ2) is 8.04. The molecule has 0 aromatic heterocycles. The standard InChI is InChI=1S/C17H26BrNO/c1-3-9-19-12-14-11-15(18)7-8-17(14)20-16-6-4-5-13(2)10-16/h7-8,11,13,16,19H,3-6,9-10,12H2,1-2H3. The van der Waals surface area contributed by atoms with Crippen LogP contribution in [-0.4, -0.2) is 12.6 Å². The van der Waals surface area contributed by atoms with E-state index >= 15 is 0 Å². The number of hydrogen-bond donors (Lipinski definition) is 1. The van der Waals surface area contributed by atoms with Crippen LogP contribution >= 0.6 is 15.9 Å². The zero-order valence-electron chi connectivity index (χ0n) is 12.6. The molecule has 1 saturated carbocycles. The van der Waals surface area contributed by atoms with Gasteiger partial charge in [-0.1, -0.05) is 36.2 Å². The Morgan fingerprint density at radius 3 is 2.95 bits per heavy atom. The zero-order chi connectivity index (χ0) is 14.4. The highest BCUT2D eigenvalue weighted by Crippen LogP contribution is 2.30. The lowest BCUT2D eigenvalue weighted by Gasteiger charge is -2.28. The first kappa shape index (κ1) is 15.8. The van der Waals surface area contributed by atoms with Gasteiger partial charge in [0.1, 0.15) is 5.75 Å². The van der Waals surface area contributed by atoms with E-state index in [1.54, 1.807) is 0 Å². The van der Waals surface area contributed by atoms with Gasteiger partial charge in [0.15, 0.2) is 0 Å². The summed E-state index contributed by atoms with van der Waals surface area (Å²) in [5, 5.41) is 3.46. The zero-order valence-corrected chi connectivity index (χ0v) is 14.2. The number of hydrogen-bond acceptors (Lipinski definition) is 2. The van der Waals surface area contributed by atoms with Crippen LogP contribution in [0.1, 0.15) is 51.5 Å². The van der Waals surface area contributed by atoms with Crippen LogP contribution in [0.25, 0.3) is 0 Å². The summed E-state index contributed by atoms with van der Waals surface area (Å²) in [6.07, 6.45) is 6.59. The number of benzene rings is 1. The van der Waals surface area contributed by atoms with Crippen molar-refractivity contribution in [3.8, 4) is 5.75 Å². The van der Waals surface area contributed by atoms with Gasteiger partial charge in [-0.3, -0.25) is 0 Å². The monoisotopic (exact) mass is 339 g/mol. The van der Waals surface area contributed by atoms with E-state index in [2.05, 4.69) is 53.3 Å². The molecule has 2 rings (SSSR count). The van der Waals surface area contributed by atoms with Crippen LogP contribution in [0.4, 0.5) is 0 Å². The van der Waals surface area contributed by atoms with E-state index in [0.717, 1.165) is 35.7 Å². The molecule has 0 spiro atoms. The summed E-state index contributed by atoms with van der Waals surface area (Å²) in [5.41, 5.74) is 1.26. The summed E-state index contributed by atoms with van der Waals surface area (Å²) >= 11 is 3.56. The summed E-state index contributed by atoms with van der Waals surface area (Å²) in [6, 6.07) is 6.35. The minimum absolute atomic E-state index is 0.393. The maximum atomic E-state index is 6.28. The van der Waals surface area contributed by atoms with Gasteiger partial charge < -0.3 is 10.1 Å². The summed E-state index contributed by atoms with van der Waals surface area (Å²) in [5.74, 6) is 1.85. The van der Waals surface area contributed by atoms with Gasteiger partial charge in [-0.2, -0.15) is 0 Å². The van der Waals surface area contributed by atoms with Gasteiger partial charge in [0, 0.05) is 16.6 Å². The smallest absolute Gasteiger partial charge is 0.124 e. The molecule has 1 aromatic carbocycles. The second-order valence-corrected chi connectivity index (χ2v) is 6.86. The lowest BCUT2D eigenvalue weighted by atomic mass is 9.88. The predicted octanol–water partition coefficient (Wildman–Crippen LogP) is 4.91. The summed E-state index contributed by atoms with van der Waals surface area (Å²) in [7, 11) is 0. The predicted molar refractivity (Wildman–Crippen MR) is 88.2 cm³/mol. The molecule has 0 heterocycles. The molecule has 0 saturated heterocycles. The Morgan fingerprint density at radius 1 is 1.35 bits per heavy atom. The van der Waals surface area contributed by atoms with Gasteiger partial charge in [0.05, 0.1) is 6.10 Å². The fraction of sp³-hybridized carbons (Fsp3) is 0.647. The normalized spacial score (nSPS) is 22.8. The fourth-order valence-corrected chi connectivity index (χ4v) is 3.27. The van der Waals surface area contributed by atoms with Gasteiger partial charge in [-0.05, 0) is 56.3 Å². The van der Waals surface area contributed by atoms with Crippen molar-refractivity contribution in [1.29, 1.82) is 0 Å². The Balaban J connectivity index is 2.01. The Labute approximate surface area is 131 Å². The molecule has 1 aliphatic rings. The highest BCUT2D eigenvalue weighted by atomic mass is 79.9. The van der Waals surface area contributed by atoms with Crippen molar-refractivity contribution < 1.29 is 4.74 Å². The first-order chi connectivity index (χ1) is 9.69. The van der Waals surface area contributed by atoms with Crippen molar-refractivity contribution in [2.24, 2.45) is 5.92 Å². The lowest BCUT2D eigenvalue weighted by molar-refractivity contribution is 0.128. The van der Waals surface area contributed by atoms with Crippen molar-refractivity contribution in [1.82, 2.24) is 5.32 Å². The molecule has 20 heavy (non-hydrogen) atoms. The van der Waals surface area contributed by atoms with E-state index in [9.17, 15) is 0 Å². The molecule has 0 bridgehead atoms. The minimum Gasteiger partial charge on any atom is -0.490 e. The highest BCUT2D eigenvalue weighted by molar-refractivity contribution is 9.10. The molecular formula is C17H26BrNO. The third-order valence-electron chi connectivity index (χ3n) is 3.95. The summed E-state index contributed by atoms with van der Waals surface area (Å²) < 4.78 is 7.40. The molecule has 1 aliphatic carbocycles. The number of ether oxygens (including phenoxy) is 1. The Kier molecular flexibility index (Phi) is 6.37. The van der Waals surface area contributed by atoms with Gasteiger partial charge >= 0.3 is 0 Å². The number of rotatable bonds is 6. The molecule has 2 atom stereocenters. The van der Waals surface area contributed by atoms with Crippen LogP contribution in [0.2, 0.25) is 0 Å². The van der Waals surface area contributed by atoms with Crippen molar-refractivity contribution in [3.63, 3.8) is 0 Å². The topological polar surface area (TPSA) is 21.3 Å². The van der Waals surface area contributed by atoms with Crippen molar-refractivity contribution >= 4 is 15.9 Å². The molecule has 0 radical (unpaired) electrons. The van der Waals surface area contributed by atoms with Crippen molar-refractivity contribution in [2.45, 2.75) is 58.6 Å². The average molecular weight is 340 g/mol. The fourth-order valence-electron chi connectivity index (χ4n) is 2.87. The van der Waals surface area contributed by atoms with Crippen LogP contribution in [0, 0.1) is 5.92 Å². The third kappa shape index (κ3) is 4.78. The van der Waals surface area contributed by atoms with E-state index in [0.29, 0.717) is 6.10 Å². The number of halogens is 1. The lowest BCUT2D eigenvalue weighted by Crippen LogP contribution is -2.25. The first-order valence-corrected chi connectivity index (χ1v) is 8.64. The van der Waals surface area contributed by atoms with E-state index < -0.39 is 0 Å². The van der Waals surface area contributed by atoms with E-state index in [4.69, 9.17) is 4.74 Å². The van der Waals surface area contributed by atoms with E-state index in [1.807, 2.05) is 0 Å². The Bertz CT molecular complexity index is 421. The van der Waals surface area contributed by atoms with Crippen LogP contribution < -0.4 is 10.1 Å². The molecule has 2 unspecified atom stereocenters. The molecule has 3 heteroatoms. The Hall–Kier alpha value is -0.540. The number of nitrogens with one attached hydrogen (secondary N) is 1. The summed E-state index contributed by atoms with van der Waals surface area (Å²) in [4.78, 5) is 0. The molecule has 1 aromatic rings. The molecule has 112 valence electrons. The molecular weight excluding hydrogens is 314 g/mol. The van der Waals surface area contributed by atoms with Gasteiger partial charge in [-0.15, -0.1) is 0 Å². The molecule has 1 N–H and O–H groups in total. The maximum Gasteiger partial charge on any atom is 0.124 e. The molecule has 0 aliphatic heterocycles. The van der Waals surface area contributed by atoms with Crippen LogP contribution in [0.3, 0.4) is 0 Å². The molecule has 0 amide bonds. The van der Waals surface area contributed by atoms with Gasteiger partial charge in [-0.25, -0.2) is 0 Å². The quantitative estimate of drug-likeness (QED) is 0.743.